The summed E-state index contributed by atoms with van der Waals surface area (Å²) in [5.74, 6) is -1.86. The molecule has 0 aliphatic rings. The lowest BCUT2D eigenvalue weighted by Crippen LogP contribution is -2.14. The number of primary amides is 1. The fourth-order valence-corrected chi connectivity index (χ4v) is 1.57. The molecule has 22 heavy (non-hydrogen) atoms. The Labute approximate surface area is 123 Å². The Bertz CT molecular complexity index is 765. The van der Waals surface area contributed by atoms with Crippen molar-refractivity contribution in [2.45, 2.75) is 0 Å². The highest BCUT2D eigenvalue weighted by Crippen LogP contribution is 2.15. The molecule has 0 bridgehead atoms. The van der Waals surface area contributed by atoms with E-state index in [1.807, 2.05) is 0 Å². The van der Waals surface area contributed by atoms with E-state index in [4.69, 9.17) is 10.5 Å². The van der Waals surface area contributed by atoms with Crippen molar-refractivity contribution in [3.63, 3.8) is 0 Å². The molecule has 9 nitrogen and oxygen atoms in total. The first-order valence-electron chi connectivity index (χ1n) is 5.95. The summed E-state index contributed by atoms with van der Waals surface area (Å²) in [6, 6.07) is 5.70. The molecule has 0 radical (unpaired) electrons. The summed E-state index contributed by atoms with van der Waals surface area (Å²) in [5, 5.41) is 10.6. The Morgan fingerprint density at radius 1 is 1.41 bits per heavy atom. The van der Waals surface area contributed by atoms with Crippen molar-refractivity contribution in [3.05, 3.63) is 58.0 Å². The second kappa shape index (κ2) is 6.31. The van der Waals surface area contributed by atoms with Gasteiger partial charge in [0, 0.05) is 18.2 Å². The number of nitrogens with two attached hydrogens (primary N) is 1. The maximum Gasteiger partial charge on any atom is 0.337 e. The lowest BCUT2D eigenvalue weighted by Gasteiger charge is -1.98. The van der Waals surface area contributed by atoms with Crippen LogP contribution in [0.4, 0.5) is 5.69 Å². The summed E-state index contributed by atoms with van der Waals surface area (Å²) in [6.45, 7) is 0. The first-order valence-corrected chi connectivity index (χ1v) is 5.95. The summed E-state index contributed by atoms with van der Waals surface area (Å²) in [4.78, 5) is 38.8. The number of amides is 1. The molecule has 1 aromatic carbocycles. The van der Waals surface area contributed by atoms with Gasteiger partial charge in [-0.25, -0.2) is 9.78 Å². The third-order valence-corrected chi connectivity index (χ3v) is 2.54. The third kappa shape index (κ3) is 3.54. The van der Waals surface area contributed by atoms with Crippen molar-refractivity contribution in [1.29, 1.82) is 0 Å². The summed E-state index contributed by atoms with van der Waals surface area (Å²) in [7, 11) is 0. The number of imidazole rings is 1. The van der Waals surface area contributed by atoms with Crippen molar-refractivity contribution < 1.29 is 19.2 Å². The Hall–Kier alpha value is -3.49. The molecule has 0 saturated heterocycles. The van der Waals surface area contributed by atoms with Crippen LogP contribution in [0.2, 0.25) is 0 Å². The number of nitrogens with zero attached hydrogens (tertiary/aromatic N) is 2. The van der Waals surface area contributed by atoms with Gasteiger partial charge in [0.2, 0.25) is 0 Å². The number of nitro benzene ring substituents is 1. The van der Waals surface area contributed by atoms with Crippen LogP contribution >= 0.6 is 0 Å². The zero-order valence-corrected chi connectivity index (χ0v) is 11.1. The molecule has 2 aromatic rings. The number of nitrogens with one attached hydrogen (secondary N) is 1. The molecule has 1 heterocycles. The van der Waals surface area contributed by atoms with E-state index in [1.165, 1.54) is 24.3 Å². The highest BCUT2D eigenvalue weighted by Gasteiger charge is 2.14. The Kier molecular flexibility index (Phi) is 4.27. The van der Waals surface area contributed by atoms with Crippen molar-refractivity contribution in [2.75, 3.05) is 0 Å². The molecule has 1 amide bonds. The van der Waals surface area contributed by atoms with Crippen LogP contribution in [0.3, 0.4) is 0 Å². The molecule has 0 unspecified atom stereocenters. The number of esters is 1. The average molecular weight is 302 g/mol. The van der Waals surface area contributed by atoms with Crippen LogP contribution in [0.15, 0.2) is 36.7 Å². The van der Waals surface area contributed by atoms with Gasteiger partial charge in [-0.1, -0.05) is 12.1 Å². The van der Waals surface area contributed by atoms with Crippen LogP contribution in [0.25, 0.3) is 6.08 Å². The SMILES string of the molecule is NC(=O)c1[nH]cnc1OC(=O)/C=C/c1cccc([N+](=O)[O-])c1. The fourth-order valence-electron chi connectivity index (χ4n) is 1.57. The molecule has 3 N–H and O–H groups in total. The number of carbonyl (C=O) groups excluding carboxylic acids is 2. The average Bonchev–Trinajstić information content (AvgIpc) is 2.93. The smallest absolute Gasteiger partial charge is 0.337 e. The quantitative estimate of drug-likeness (QED) is 0.365. The normalized spacial score (nSPS) is 10.5. The minimum absolute atomic E-state index is 0.0983. The van der Waals surface area contributed by atoms with Gasteiger partial charge in [-0.15, -0.1) is 0 Å². The number of non-ortho nitro benzene ring substituents is 1. The monoisotopic (exact) mass is 302 g/mol. The first kappa shape index (κ1) is 14.9. The van der Waals surface area contributed by atoms with Gasteiger partial charge in [0.05, 0.1) is 11.3 Å². The van der Waals surface area contributed by atoms with E-state index in [0.717, 1.165) is 12.4 Å². The van der Waals surface area contributed by atoms with Crippen LogP contribution < -0.4 is 10.5 Å². The molecule has 0 aliphatic heterocycles. The number of aromatic amines is 1. The van der Waals surface area contributed by atoms with E-state index in [9.17, 15) is 19.7 Å². The zero-order valence-electron chi connectivity index (χ0n) is 11.1. The van der Waals surface area contributed by atoms with E-state index in [1.54, 1.807) is 6.07 Å². The van der Waals surface area contributed by atoms with E-state index >= 15 is 0 Å². The van der Waals surface area contributed by atoms with Gasteiger partial charge >= 0.3 is 5.97 Å². The van der Waals surface area contributed by atoms with Crippen molar-refractivity contribution in [1.82, 2.24) is 9.97 Å². The van der Waals surface area contributed by atoms with E-state index < -0.39 is 16.8 Å². The number of carbonyl (C=O) groups is 2. The largest absolute Gasteiger partial charge is 0.402 e. The second-order valence-corrected chi connectivity index (χ2v) is 4.05. The van der Waals surface area contributed by atoms with Crippen molar-refractivity contribution >= 4 is 23.6 Å². The molecule has 112 valence electrons. The molecule has 1 aromatic heterocycles. The minimum Gasteiger partial charge on any atom is -0.402 e. The van der Waals surface area contributed by atoms with E-state index in [-0.39, 0.29) is 17.3 Å². The summed E-state index contributed by atoms with van der Waals surface area (Å²) in [5.41, 5.74) is 5.28. The molecule has 0 saturated carbocycles. The number of aromatic nitrogens is 2. The Morgan fingerprint density at radius 3 is 2.86 bits per heavy atom. The van der Waals surface area contributed by atoms with E-state index in [2.05, 4.69) is 9.97 Å². The van der Waals surface area contributed by atoms with Crippen molar-refractivity contribution in [2.24, 2.45) is 5.73 Å². The molecule has 0 aliphatic carbocycles. The van der Waals surface area contributed by atoms with Gasteiger partial charge in [-0.3, -0.25) is 14.9 Å². The predicted octanol–water partition coefficient (Wildman–Crippen LogP) is 1.04. The number of ether oxygens (including phenoxy) is 1. The number of hydrogen-bond acceptors (Lipinski definition) is 6. The maximum absolute atomic E-state index is 11.6. The highest BCUT2D eigenvalue weighted by atomic mass is 16.6. The van der Waals surface area contributed by atoms with Crippen LogP contribution in [0.5, 0.6) is 5.88 Å². The molecule has 0 spiro atoms. The molecule has 0 fully saturated rings. The third-order valence-electron chi connectivity index (χ3n) is 2.54. The molecular weight excluding hydrogens is 292 g/mol. The Morgan fingerprint density at radius 2 is 2.18 bits per heavy atom. The minimum atomic E-state index is -0.817. The first-order chi connectivity index (χ1) is 10.5. The summed E-state index contributed by atoms with van der Waals surface area (Å²) in [6.07, 6.45) is 3.55. The lowest BCUT2D eigenvalue weighted by molar-refractivity contribution is -0.384. The van der Waals surface area contributed by atoms with Crippen molar-refractivity contribution in [3.8, 4) is 5.88 Å². The Balaban J connectivity index is 2.08. The number of nitro groups is 1. The summed E-state index contributed by atoms with van der Waals surface area (Å²) < 4.78 is 4.84. The number of hydrogen-bond donors (Lipinski definition) is 2. The number of H-pyrrole nitrogens is 1. The topological polar surface area (TPSA) is 141 Å². The summed E-state index contributed by atoms with van der Waals surface area (Å²) >= 11 is 0. The van der Waals surface area contributed by atoms with Gasteiger partial charge < -0.3 is 15.5 Å². The second-order valence-electron chi connectivity index (χ2n) is 4.05. The van der Waals surface area contributed by atoms with Gasteiger partial charge in [0.1, 0.15) is 0 Å². The van der Waals surface area contributed by atoms with Gasteiger partial charge in [-0.05, 0) is 11.6 Å². The zero-order chi connectivity index (χ0) is 16.1. The molecule has 0 atom stereocenters. The predicted molar refractivity (Wildman–Crippen MR) is 74.9 cm³/mol. The number of rotatable bonds is 5. The van der Waals surface area contributed by atoms with Crippen LogP contribution in [0.1, 0.15) is 16.1 Å². The molecule has 9 heteroatoms. The fraction of sp³-hybridized carbons (Fsp3) is 0. The highest BCUT2D eigenvalue weighted by molar-refractivity contribution is 5.95. The van der Waals surface area contributed by atoms with Gasteiger partial charge in [0.15, 0.2) is 5.69 Å². The standard InChI is InChI=1S/C13H10N4O5/c14-12(19)11-13(16-7-15-11)22-10(18)5-4-8-2-1-3-9(6-8)17(20)21/h1-7H,(H2,14,19)(H,15,16)/b5-4+. The lowest BCUT2D eigenvalue weighted by atomic mass is 10.2. The molecule has 2 rings (SSSR count). The maximum atomic E-state index is 11.6. The van der Waals surface area contributed by atoms with Gasteiger partial charge in [-0.2, -0.15) is 0 Å². The van der Waals surface area contributed by atoms with Crippen LogP contribution in [-0.4, -0.2) is 26.8 Å². The number of benzene rings is 1. The van der Waals surface area contributed by atoms with Gasteiger partial charge in [0.25, 0.3) is 17.5 Å². The van der Waals surface area contributed by atoms with Crippen LogP contribution in [0, 0.1) is 10.1 Å². The van der Waals surface area contributed by atoms with E-state index in [0.29, 0.717) is 5.56 Å². The van der Waals surface area contributed by atoms with Crippen LogP contribution in [-0.2, 0) is 4.79 Å². The molecular formula is C13H10N4O5.